The molecule has 0 fully saturated rings. The van der Waals surface area contributed by atoms with Crippen LogP contribution in [0.5, 0.6) is 17.2 Å². The van der Waals surface area contributed by atoms with E-state index in [1.165, 1.54) is 49.0 Å². The van der Waals surface area contributed by atoms with E-state index < -0.39 is 8.07 Å². The first-order valence-electron chi connectivity index (χ1n) is 14.2. The second kappa shape index (κ2) is 11.0. The van der Waals surface area contributed by atoms with Crippen LogP contribution in [-0.4, -0.2) is 29.4 Å². The van der Waals surface area contributed by atoms with Crippen molar-refractivity contribution in [1.82, 2.24) is 0 Å². The maximum atomic E-state index is 6.08. The van der Waals surface area contributed by atoms with Gasteiger partial charge in [-0.05, 0) is 123 Å². The molecule has 212 valence electrons. The van der Waals surface area contributed by atoms with Gasteiger partial charge >= 0.3 is 0 Å². The highest BCUT2D eigenvalue weighted by atomic mass is 28.3. The minimum atomic E-state index is -2.95. The van der Waals surface area contributed by atoms with E-state index in [1.54, 1.807) is 26.5 Å². The summed E-state index contributed by atoms with van der Waals surface area (Å²) in [7, 11) is 2.43. The Labute approximate surface area is 242 Å². The Morgan fingerprint density at radius 1 is 0.500 bits per heavy atom. The number of rotatable bonds is 7. The van der Waals surface area contributed by atoms with Crippen LogP contribution < -0.4 is 29.8 Å². The van der Waals surface area contributed by atoms with Crippen LogP contribution in [0.4, 0.5) is 0 Å². The van der Waals surface area contributed by atoms with E-state index in [0.717, 1.165) is 33.9 Å². The molecule has 0 aliphatic heterocycles. The predicted octanol–water partition coefficient (Wildman–Crippen LogP) is 6.87. The smallest absolute Gasteiger partial charge is 0.177 e. The molecule has 0 saturated carbocycles. The Morgan fingerprint density at radius 3 is 1.07 bits per heavy atom. The third-order valence-electron chi connectivity index (χ3n) is 9.68. The Hall–Kier alpha value is -3.24. The van der Waals surface area contributed by atoms with Crippen molar-refractivity contribution in [2.24, 2.45) is 5.92 Å². The molecule has 0 saturated heterocycles. The fourth-order valence-electron chi connectivity index (χ4n) is 7.48. The van der Waals surface area contributed by atoms with Crippen molar-refractivity contribution >= 4 is 23.6 Å². The molecule has 0 radical (unpaired) electrons. The third kappa shape index (κ3) is 4.14. The normalized spacial score (nSPS) is 15.7. The van der Waals surface area contributed by atoms with Gasteiger partial charge in [-0.15, -0.1) is 0 Å². The molecule has 4 heteroatoms. The number of ether oxygens (including phenoxy) is 3. The van der Waals surface area contributed by atoms with Gasteiger partial charge in [-0.2, -0.15) is 0 Å². The number of hydrogen-bond acceptors (Lipinski definition) is 3. The topological polar surface area (TPSA) is 27.7 Å². The highest BCUT2D eigenvalue weighted by molar-refractivity contribution is 7.17. The molecule has 3 aromatic rings. The van der Waals surface area contributed by atoms with Gasteiger partial charge in [0.2, 0.25) is 0 Å². The van der Waals surface area contributed by atoms with Crippen LogP contribution in [0.2, 0.25) is 0 Å². The van der Waals surface area contributed by atoms with Gasteiger partial charge in [0.1, 0.15) is 17.2 Å². The first kappa shape index (κ1) is 29.7. The van der Waals surface area contributed by atoms with Crippen molar-refractivity contribution in [2.45, 2.75) is 69.2 Å². The van der Waals surface area contributed by atoms with Crippen LogP contribution in [0.1, 0.15) is 61.1 Å². The average molecular weight is 555 g/mol. The van der Waals surface area contributed by atoms with E-state index >= 15 is 0 Å². The van der Waals surface area contributed by atoms with Gasteiger partial charge in [-0.3, -0.25) is 0 Å². The van der Waals surface area contributed by atoms with Crippen LogP contribution in [0.3, 0.4) is 0 Å². The second-order valence-corrected chi connectivity index (χ2v) is 15.2. The van der Waals surface area contributed by atoms with Crippen molar-refractivity contribution in [3.63, 3.8) is 0 Å². The SMILES string of the molecule is COc1c(C)ccc([Si](C2=C(C)C(C)=C(C)C2C)(c2ccc(C)c(OC)c2C)c2ccc(C)c(OC)c2C)c1C. The summed E-state index contributed by atoms with van der Waals surface area (Å²) in [5, 5.41) is 5.63. The van der Waals surface area contributed by atoms with Gasteiger partial charge in [-0.1, -0.05) is 59.7 Å². The summed E-state index contributed by atoms with van der Waals surface area (Å²) in [5.74, 6) is 3.20. The van der Waals surface area contributed by atoms with Crippen molar-refractivity contribution < 1.29 is 14.2 Å². The van der Waals surface area contributed by atoms with E-state index in [0.29, 0.717) is 5.92 Å². The zero-order valence-electron chi connectivity index (χ0n) is 26.8. The summed E-state index contributed by atoms with van der Waals surface area (Å²) in [6.07, 6.45) is 0. The molecule has 1 aliphatic carbocycles. The third-order valence-corrected chi connectivity index (χ3v) is 15.3. The predicted molar refractivity (Wildman–Crippen MR) is 172 cm³/mol. The molecule has 0 heterocycles. The van der Waals surface area contributed by atoms with Gasteiger partial charge in [0.05, 0.1) is 21.3 Å². The number of benzene rings is 3. The summed E-state index contributed by atoms with van der Waals surface area (Å²) in [6.45, 7) is 22.5. The summed E-state index contributed by atoms with van der Waals surface area (Å²) in [5.41, 5.74) is 11.4. The average Bonchev–Trinajstić information content (AvgIpc) is 3.10. The number of aryl methyl sites for hydroxylation is 3. The number of methoxy groups -OCH3 is 3. The molecule has 0 bridgehead atoms. The molecule has 0 aromatic heterocycles. The number of hydrogen-bond donors (Lipinski definition) is 0. The fraction of sp³-hybridized carbons (Fsp3) is 0.389. The van der Waals surface area contributed by atoms with Crippen molar-refractivity contribution in [3.05, 3.63) is 91.7 Å². The van der Waals surface area contributed by atoms with Gasteiger partial charge in [0.25, 0.3) is 0 Å². The summed E-state index contributed by atoms with van der Waals surface area (Å²) < 4.78 is 18.2. The lowest BCUT2D eigenvalue weighted by Gasteiger charge is -2.42. The first-order chi connectivity index (χ1) is 18.9. The second-order valence-electron chi connectivity index (χ2n) is 11.6. The van der Waals surface area contributed by atoms with Gasteiger partial charge in [0.15, 0.2) is 8.07 Å². The molecule has 40 heavy (non-hydrogen) atoms. The molecule has 1 atom stereocenters. The Morgan fingerprint density at radius 2 is 0.825 bits per heavy atom. The molecule has 4 rings (SSSR count). The van der Waals surface area contributed by atoms with Crippen LogP contribution in [-0.2, 0) is 0 Å². The number of allylic oxidation sites excluding steroid dienone is 4. The zero-order valence-corrected chi connectivity index (χ0v) is 27.8. The van der Waals surface area contributed by atoms with E-state index in [1.807, 2.05) is 0 Å². The molecule has 0 spiro atoms. The monoisotopic (exact) mass is 554 g/mol. The summed E-state index contributed by atoms with van der Waals surface area (Å²) >= 11 is 0. The fourth-order valence-corrected chi connectivity index (χ4v) is 13.9. The van der Waals surface area contributed by atoms with E-state index in [9.17, 15) is 0 Å². The van der Waals surface area contributed by atoms with Crippen molar-refractivity contribution in [1.29, 1.82) is 0 Å². The quantitative estimate of drug-likeness (QED) is 0.236. The molecule has 3 nitrogen and oxygen atoms in total. The van der Waals surface area contributed by atoms with E-state index in [4.69, 9.17) is 14.2 Å². The van der Waals surface area contributed by atoms with Crippen molar-refractivity contribution in [3.8, 4) is 17.2 Å². The van der Waals surface area contributed by atoms with Crippen LogP contribution >= 0.6 is 0 Å². The Kier molecular flexibility index (Phi) is 8.15. The van der Waals surface area contributed by atoms with Crippen molar-refractivity contribution in [2.75, 3.05) is 21.3 Å². The summed E-state index contributed by atoms with van der Waals surface area (Å²) in [6, 6.07) is 13.9. The molecule has 0 amide bonds. The lowest BCUT2D eigenvalue weighted by molar-refractivity contribution is 0.409. The largest absolute Gasteiger partial charge is 0.496 e. The Bertz CT molecular complexity index is 1410. The standard InChI is InChI=1S/C36H46O3Si/c1-20-14-17-30(27(8)33(20)37-11)40(36-25(6)23(4)24(5)26(36)7,31-18-15-21(2)34(38-12)28(31)9)32-19-16-22(3)35(39-13)29(32)10/h14-19,25H,1-13H3. The molecule has 0 N–H and O–H groups in total. The first-order valence-corrected chi connectivity index (χ1v) is 16.2. The molecular formula is C36H46O3Si. The van der Waals surface area contributed by atoms with Gasteiger partial charge in [-0.25, -0.2) is 0 Å². The molecule has 1 aliphatic rings. The minimum Gasteiger partial charge on any atom is -0.496 e. The molecule has 1 unspecified atom stereocenters. The highest BCUT2D eigenvalue weighted by Crippen LogP contribution is 2.43. The van der Waals surface area contributed by atoms with Crippen LogP contribution in [0.25, 0.3) is 0 Å². The molecular weight excluding hydrogens is 508 g/mol. The highest BCUT2D eigenvalue weighted by Gasteiger charge is 2.51. The van der Waals surface area contributed by atoms with Crippen LogP contribution in [0, 0.1) is 47.5 Å². The molecule has 3 aromatic carbocycles. The zero-order chi connectivity index (χ0) is 29.7. The minimum absolute atomic E-state index is 0.303. The lowest BCUT2D eigenvalue weighted by atomic mass is 10.1. The van der Waals surface area contributed by atoms with Gasteiger partial charge in [0, 0.05) is 0 Å². The lowest BCUT2D eigenvalue weighted by Crippen LogP contribution is -2.71. The van der Waals surface area contributed by atoms with Crippen LogP contribution in [0.15, 0.2) is 58.3 Å². The maximum absolute atomic E-state index is 6.08. The van der Waals surface area contributed by atoms with Gasteiger partial charge < -0.3 is 14.2 Å². The van der Waals surface area contributed by atoms with E-state index in [-0.39, 0.29) is 0 Å². The Balaban J connectivity index is 2.39. The summed E-state index contributed by atoms with van der Waals surface area (Å²) in [4.78, 5) is 0. The maximum Gasteiger partial charge on any atom is 0.177 e. The van der Waals surface area contributed by atoms with E-state index in [2.05, 4.69) is 106 Å².